The van der Waals surface area contributed by atoms with Crippen LogP contribution in [0.15, 0.2) is 60.8 Å². The van der Waals surface area contributed by atoms with E-state index in [0.717, 1.165) is 12.1 Å². The van der Waals surface area contributed by atoms with Crippen molar-refractivity contribution in [3.8, 4) is 0 Å². The van der Waals surface area contributed by atoms with E-state index in [2.05, 4.69) is 20.9 Å². The van der Waals surface area contributed by atoms with Gasteiger partial charge in [-0.3, -0.25) is 14.6 Å². The number of nitrogens with zero attached hydrogens (tertiary/aromatic N) is 1. The van der Waals surface area contributed by atoms with E-state index in [9.17, 15) is 18.4 Å². The lowest BCUT2D eigenvalue weighted by molar-refractivity contribution is -0.114. The standard InChI is InChI=1S/C20H16F2N4O2/c1-12(27)24-13-4-2-5-14(10-13)25-15-8-9-23-18(11-15)20(28)26-19-16(21)6-3-7-17(19)22/h2-11H,1H3,(H,23,25)(H,24,27)(H,26,28). The summed E-state index contributed by atoms with van der Waals surface area (Å²) in [5.41, 5.74) is 1.26. The normalized spacial score (nSPS) is 10.2. The summed E-state index contributed by atoms with van der Waals surface area (Å²) in [6, 6.07) is 13.4. The molecule has 3 N–H and O–H groups in total. The maximum atomic E-state index is 13.7. The lowest BCUT2D eigenvalue weighted by Gasteiger charge is -2.10. The molecule has 0 saturated heterocycles. The minimum Gasteiger partial charge on any atom is -0.355 e. The monoisotopic (exact) mass is 382 g/mol. The van der Waals surface area contributed by atoms with E-state index in [4.69, 9.17) is 0 Å². The fraction of sp³-hybridized carbons (Fsp3) is 0.0500. The zero-order chi connectivity index (χ0) is 20.1. The Balaban J connectivity index is 1.77. The van der Waals surface area contributed by atoms with E-state index in [1.807, 2.05) is 0 Å². The van der Waals surface area contributed by atoms with Gasteiger partial charge < -0.3 is 16.0 Å². The predicted molar refractivity (Wildman–Crippen MR) is 103 cm³/mol. The molecule has 2 amide bonds. The third kappa shape index (κ3) is 4.67. The van der Waals surface area contributed by atoms with Gasteiger partial charge >= 0.3 is 0 Å². The molecule has 0 aliphatic rings. The Morgan fingerprint density at radius 3 is 2.21 bits per heavy atom. The fourth-order valence-electron chi connectivity index (χ4n) is 2.47. The minimum atomic E-state index is -0.877. The Morgan fingerprint density at radius 2 is 1.50 bits per heavy atom. The van der Waals surface area contributed by atoms with Gasteiger partial charge in [0.05, 0.1) is 0 Å². The van der Waals surface area contributed by atoms with Crippen LogP contribution < -0.4 is 16.0 Å². The average molecular weight is 382 g/mol. The molecular formula is C20H16F2N4O2. The van der Waals surface area contributed by atoms with Crippen molar-refractivity contribution in [3.63, 3.8) is 0 Å². The number of hydrogen-bond donors (Lipinski definition) is 3. The van der Waals surface area contributed by atoms with Gasteiger partial charge in [-0.2, -0.15) is 0 Å². The molecule has 28 heavy (non-hydrogen) atoms. The molecule has 2 aromatic carbocycles. The van der Waals surface area contributed by atoms with Crippen LogP contribution in [-0.2, 0) is 4.79 Å². The molecule has 6 nitrogen and oxygen atoms in total. The highest BCUT2D eigenvalue weighted by Crippen LogP contribution is 2.22. The van der Waals surface area contributed by atoms with Crippen molar-refractivity contribution in [1.29, 1.82) is 0 Å². The topological polar surface area (TPSA) is 83.1 Å². The maximum Gasteiger partial charge on any atom is 0.274 e. The van der Waals surface area contributed by atoms with E-state index in [-0.39, 0.29) is 11.6 Å². The van der Waals surface area contributed by atoms with Crippen LogP contribution in [-0.4, -0.2) is 16.8 Å². The van der Waals surface area contributed by atoms with Crippen molar-refractivity contribution in [2.75, 3.05) is 16.0 Å². The highest BCUT2D eigenvalue weighted by Gasteiger charge is 2.14. The lowest BCUT2D eigenvalue weighted by Crippen LogP contribution is -2.16. The van der Waals surface area contributed by atoms with Crippen molar-refractivity contribution in [1.82, 2.24) is 4.98 Å². The first kappa shape index (κ1) is 19.0. The summed E-state index contributed by atoms with van der Waals surface area (Å²) in [4.78, 5) is 27.4. The molecule has 0 radical (unpaired) electrons. The number of halogens is 2. The second-order valence-corrected chi connectivity index (χ2v) is 5.87. The molecule has 0 unspecified atom stereocenters. The van der Waals surface area contributed by atoms with Gasteiger partial charge in [-0.25, -0.2) is 8.78 Å². The molecule has 0 spiro atoms. The summed E-state index contributed by atoms with van der Waals surface area (Å²) >= 11 is 0. The first-order valence-electron chi connectivity index (χ1n) is 8.28. The average Bonchev–Trinajstić information content (AvgIpc) is 2.65. The molecule has 3 aromatic rings. The highest BCUT2D eigenvalue weighted by atomic mass is 19.1. The quantitative estimate of drug-likeness (QED) is 0.614. The number of rotatable bonds is 5. The summed E-state index contributed by atoms with van der Waals surface area (Å²) in [6.45, 7) is 1.41. The Bertz CT molecular complexity index is 1020. The maximum absolute atomic E-state index is 13.7. The van der Waals surface area contributed by atoms with Crippen molar-refractivity contribution < 1.29 is 18.4 Å². The summed E-state index contributed by atoms with van der Waals surface area (Å²) in [5.74, 6) is -2.70. The molecule has 0 aliphatic heterocycles. The smallest absolute Gasteiger partial charge is 0.274 e. The summed E-state index contributed by atoms with van der Waals surface area (Å²) in [7, 11) is 0. The van der Waals surface area contributed by atoms with Crippen LogP contribution in [0.3, 0.4) is 0 Å². The van der Waals surface area contributed by atoms with E-state index in [0.29, 0.717) is 17.1 Å². The van der Waals surface area contributed by atoms with Gasteiger partial charge in [0.2, 0.25) is 5.91 Å². The molecule has 3 rings (SSSR count). The molecule has 0 bridgehead atoms. The zero-order valence-electron chi connectivity index (χ0n) is 14.8. The number of benzene rings is 2. The van der Waals surface area contributed by atoms with Crippen LogP contribution in [0.25, 0.3) is 0 Å². The van der Waals surface area contributed by atoms with Gasteiger partial charge in [-0.15, -0.1) is 0 Å². The largest absolute Gasteiger partial charge is 0.355 e. The summed E-state index contributed by atoms with van der Waals surface area (Å²) in [6.07, 6.45) is 1.40. The number of carbonyl (C=O) groups is 2. The zero-order valence-corrected chi connectivity index (χ0v) is 14.8. The van der Waals surface area contributed by atoms with Gasteiger partial charge in [-0.05, 0) is 42.5 Å². The van der Waals surface area contributed by atoms with Gasteiger partial charge in [0.25, 0.3) is 5.91 Å². The second kappa shape index (κ2) is 8.26. The Morgan fingerprint density at radius 1 is 0.857 bits per heavy atom. The number of anilines is 4. The lowest BCUT2D eigenvalue weighted by atomic mass is 10.2. The van der Waals surface area contributed by atoms with Crippen LogP contribution in [0.1, 0.15) is 17.4 Å². The third-order valence-corrected chi connectivity index (χ3v) is 3.67. The molecule has 0 fully saturated rings. The van der Waals surface area contributed by atoms with Crippen LogP contribution >= 0.6 is 0 Å². The summed E-state index contributed by atoms with van der Waals surface area (Å²) < 4.78 is 27.4. The number of aromatic nitrogens is 1. The Kier molecular flexibility index (Phi) is 5.59. The molecule has 1 aromatic heterocycles. The van der Waals surface area contributed by atoms with Gasteiger partial charge in [0.1, 0.15) is 23.0 Å². The number of pyridine rings is 1. The van der Waals surface area contributed by atoms with E-state index < -0.39 is 23.2 Å². The van der Waals surface area contributed by atoms with Crippen LogP contribution in [0.2, 0.25) is 0 Å². The molecule has 8 heteroatoms. The van der Waals surface area contributed by atoms with Gasteiger partial charge in [0, 0.05) is 30.2 Å². The molecule has 1 heterocycles. The SMILES string of the molecule is CC(=O)Nc1cccc(Nc2ccnc(C(=O)Nc3c(F)cccc3F)c2)c1. The number of amides is 2. The van der Waals surface area contributed by atoms with E-state index in [1.165, 1.54) is 25.3 Å². The van der Waals surface area contributed by atoms with E-state index >= 15 is 0 Å². The van der Waals surface area contributed by atoms with Crippen molar-refractivity contribution >= 4 is 34.6 Å². The molecule has 0 atom stereocenters. The Labute approximate surface area is 159 Å². The Hall–Kier alpha value is -3.81. The predicted octanol–water partition coefficient (Wildman–Crippen LogP) is 4.31. The van der Waals surface area contributed by atoms with Crippen LogP contribution in [0.5, 0.6) is 0 Å². The van der Waals surface area contributed by atoms with Crippen molar-refractivity contribution in [3.05, 3.63) is 78.1 Å². The molecule has 0 saturated carbocycles. The second-order valence-electron chi connectivity index (χ2n) is 5.87. The first-order chi connectivity index (χ1) is 13.4. The summed E-state index contributed by atoms with van der Waals surface area (Å²) in [5, 5.41) is 7.94. The molecule has 142 valence electrons. The third-order valence-electron chi connectivity index (χ3n) is 3.67. The van der Waals surface area contributed by atoms with Crippen LogP contribution in [0, 0.1) is 11.6 Å². The number of hydrogen-bond acceptors (Lipinski definition) is 4. The van der Waals surface area contributed by atoms with E-state index in [1.54, 1.807) is 30.3 Å². The molecular weight excluding hydrogens is 366 g/mol. The first-order valence-corrected chi connectivity index (χ1v) is 8.28. The highest BCUT2D eigenvalue weighted by molar-refractivity contribution is 6.03. The minimum absolute atomic E-state index is 0.0225. The van der Waals surface area contributed by atoms with Crippen LogP contribution in [0.4, 0.5) is 31.5 Å². The van der Waals surface area contributed by atoms with Gasteiger partial charge in [-0.1, -0.05) is 12.1 Å². The number of carbonyl (C=O) groups excluding carboxylic acids is 2. The van der Waals surface area contributed by atoms with Gasteiger partial charge in [0.15, 0.2) is 0 Å². The van der Waals surface area contributed by atoms with Crippen molar-refractivity contribution in [2.45, 2.75) is 6.92 Å². The number of para-hydroxylation sites is 1. The molecule has 0 aliphatic carbocycles. The van der Waals surface area contributed by atoms with Crippen molar-refractivity contribution in [2.24, 2.45) is 0 Å². The fourth-order valence-corrected chi connectivity index (χ4v) is 2.47. The number of nitrogens with one attached hydrogen (secondary N) is 3.